The number of halogens is 3. The van der Waals surface area contributed by atoms with Crippen LogP contribution < -0.4 is 20.1 Å². The maximum absolute atomic E-state index is 12.5. The third kappa shape index (κ3) is 9.79. The summed E-state index contributed by atoms with van der Waals surface area (Å²) in [6.07, 6.45) is 7.54. The molecule has 0 heterocycles. The van der Waals surface area contributed by atoms with Gasteiger partial charge in [-0.05, 0) is 37.0 Å². The van der Waals surface area contributed by atoms with Crippen LogP contribution in [0.3, 0.4) is 0 Å². The first kappa shape index (κ1) is 25.7. The van der Waals surface area contributed by atoms with Gasteiger partial charge in [-0.25, -0.2) is 0 Å². The summed E-state index contributed by atoms with van der Waals surface area (Å²) in [4.78, 5) is 4.17. The molecular formula is C20H32F2IN3O3. The maximum Gasteiger partial charge on any atom is 0.387 e. The number of nitrogens with zero attached hydrogens (tertiary/aromatic N) is 1. The molecule has 1 aliphatic carbocycles. The fourth-order valence-corrected chi connectivity index (χ4v) is 3.19. The Balaban J connectivity index is 0.00000420. The number of guanidine groups is 1. The van der Waals surface area contributed by atoms with Crippen molar-refractivity contribution in [1.82, 2.24) is 10.6 Å². The minimum atomic E-state index is -2.90. The molecule has 0 saturated heterocycles. The molecule has 1 fully saturated rings. The van der Waals surface area contributed by atoms with Crippen molar-refractivity contribution >= 4 is 29.9 Å². The van der Waals surface area contributed by atoms with Gasteiger partial charge >= 0.3 is 6.61 Å². The average molecular weight is 527 g/mol. The summed E-state index contributed by atoms with van der Waals surface area (Å²) in [5.41, 5.74) is 0.778. The van der Waals surface area contributed by atoms with Crippen LogP contribution in [0.5, 0.6) is 11.5 Å². The van der Waals surface area contributed by atoms with Gasteiger partial charge in [0.2, 0.25) is 0 Å². The molecule has 0 aromatic heterocycles. The van der Waals surface area contributed by atoms with Crippen LogP contribution in [-0.2, 0) is 11.3 Å². The van der Waals surface area contributed by atoms with E-state index in [4.69, 9.17) is 9.47 Å². The van der Waals surface area contributed by atoms with Crippen LogP contribution in [0.25, 0.3) is 0 Å². The Labute approximate surface area is 188 Å². The first-order valence-corrected chi connectivity index (χ1v) is 9.80. The topological polar surface area (TPSA) is 64.1 Å². The molecule has 1 aromatic rings. The average Bonchev–Trinajstić information content (AvgIpc) is 2.70. The van der Waals surface area contributed by atoms with Crippen LogP contribution in [-0.4, -0.2) is 46.0 Å². The van der Waals surface area contributed by atoms with E-state index >= 15 is 0 Å². The second-order valence-corrected chi connectivity index (χ2v) is 6.70. The molecular weight excluding hydrogens is 495 g/mol. The molecule has 0 atom stereocenters. The summed E-state index contributed by atoms with van der Waals surface area (Å²) < 4.78 is 40.5. The quantitative estimate of drug-likeness (QED) is 0.206. The Bertz CT molecular complexity index is 615. The number of aliphatic imine (C=N–C) groups is 1. The lowest BCUT2D eigenvalue weighted by Crippen LogP contribution is -2.37. The molecule has 0 radical (unpaired) electrons. The normalized spacial score (nSPS) is 15.0. The molecule has 9 heteroatoms. The van der Waals surface area contributed by atoms with Gasteiger partial charge in [-0.15, -0.1) is 24.0 Å². The lowest BCUT2D eigenvalue weighted by atomic mass is 9.98. The van der Waals surface area contributed by atoms with Crippen molar-refractivity contribution in [1.29, 1.82) is 0 Å². The number of rotatable bonds is 10. The highest BCUT2D eigenvalue weighted by Crippen LogP contribution is 2.29. The molecule has 166 valence electrons. The number of ether oxygens (including phenoxy) is 3. The predicted molar refractivity (Wildman–Crippen MR) is 121 cm³/mol. The molecule has 6 nitrogen and oxygen atoms in total. The zero-order valence-corrected chi connectivity index (χ0v) is 19.4. The second kappa shape index (κ2) is 14.6. The van der Waals surface area contributed by atoms with E-state index in [9.17, 15) is 8.78 Å². The Hall–Kier alpha value is -1.36. The van der Waals surface area contributed by atoms with Crippen LogP contribution in [0, 0.1) is 0 Å². The van der Waals surface area contributed by atoms with Gasteiger partial charge in [0.25, 0.3) is 0 Å². The highest BCUT2D eigenvalue weighted by molar-refractivity contribution is 14.0. The van der Waals surface area contributed by atoms with E-state index in [2.05, 4.69) is 20.4 Å². The summed E-state index contributed by atoms with van der Waals surface area (Å²) in [6, 6.07) is 4.92. The molecule has 0 bridgehead atoms. The third-order valence-corrected chi connectivity index (χ3v) is 4.65. The van der Waals surface area contributed by atoms with E-state index in [0.717, 1.165) is 25.1 Å². The lowest BCUT2D eigenvalue weighted by Gasteiger charge is -2.22. The van der Waals surface area contributed by atoms with Crippen molar-refractivity contribution in [3.63, 3.8) is 0 Å². The van der Waals surface area contributed by atoms with Crippen LogP contribution in [0.2, 0.25) is 0 Å². The summed E-state index contributed by atoms with van der Waals surface area (Å²) >= 11 is 0. The third-order valence-electron chi connectivity index (χ3n) is 4.65. The molecule has 0 amide bonds. The zero-order valence-electron chi connectivity index (χ0n) is 17.1. The van der Waals surface area contributed by atoms with E-state index in [1.54, 1.807) is 19.2 Å². The molecule has 0 spiro atoms. The highest BCUT2D eigenvalue weighted by Gasteiger charge is 2.13. The Morgan fingerprint density at radius 1 is 1.17 bits per heavy atom. The maximum atomic E-state index is 12.5. The van der Waals surface area contributed by atoms with Gasteiger partial charge in [0.15, 0.2) is 17.5 Å². The largest absolute Gasteiger partial charge is 0.493 e. The molecule has 2 rings (SSSR count). The first-order valence-electron chi connectivity index (χ1n) is 9.80. The van der Waals surface area contributed by atoms with E-state index in [0.29, 0.717) is 18.6 Å². The number of nitrogens with one attached hydrogen (secondary N) is 2. The second-order valence-electron chi connectivity index (χ2n) is 6.70. The number of benzene rings is 1. The molecule has 1 saturated carbocycles. The van der Waals surface area contributed by atoms with Crippen molar-refractivity contribution in [3.05, 3.63) is 23.8 Å². The zero-order chi connectivity index (χ0) is 20.2. The van der Waals surface area contributed by atoms with Crippen molar-refractivity contribution in [2.75, 3.05) is 27.3 Å². The summed E-state index contributed by atoms with van der Waals surface area (Å²) in [5.74, 6) is 0.925. The SMILES string of the molecule is CN=C(NCCCOC1CCCCC1)NCc1ccc(OC)c(OC(F)F)c1.I. The van der Waals surface area contributed by atoms with Crippen LogP contribution >= 0.6 is 24.0 Å². The van der Waals surface area contributed by atoms with Crippen molar-refractivity contribution in [2.45, 2.75) is 57.8 Å². The number of hydrogen-bond donors (Lipinski definition) is 2. The minimum Gasteiger partial charge on any atom is -0.493 e. The fraction of sp³-hybridized carbons (Fsp3) is 0.650. The van der Waals surface area contributed by atoms with E-state index in [1.807, 2.05) is 0 Å². The van der Waals surface area contributed by atoms with Gasteiger partial charge in [-0.2, -0.15) is 8.78 Å². The number of alkyl halides is 2. The van der Waals surface area contributed by atoms with Gasteiger partial charge in [-0.3, -0.25) is 4.99 Å². The van der Waals surface area contributed by atoms with Gasteiger partial charge in [0.05, 0.1) is 13.2 Å². The lowest BCUT2D eigenvalue weighted by molar-refractivity contribution is -0.0512. The van der Waals surface area contributed by atoms with Gasteiger partial charge < -0.3 is 24.8 Å². The molecule has 0 unspecified atom stereocenters. The molecule has 0 aliphatic heterocycles. The summed E-state index contributed by atoms with van der Waals surface area (Å²) in [7, 11) is 3.10. The molecule has 1 aliphatic rings. The number of hydrogen-bond acceptors (Lipinski definition) is 4. The fourth-order valence-electron chi connectivity index (χ4n) is 3.19. The van der Waals surface area contributed by atoms with Gasteiger partial charge in [0, 0.05) is 26.7 Å². The Morgan fingerprint density at radius 3 is 2.59 bits per heavy atom. The molecule has 2 N–H and O–H groups in total. The first-order chi connectivity index (χ1) is 13.6. The van der Waals surface area contributed by atoms with E-state index < -0.39 is 6.61 Å². The van der Waals surface area contributed by atoms with Gasteiger partial charge in [-0.1, -0.05) is 25.3 Å². The monoisotopic (exact) mass is 527 g/mol. The molecule has 29 heavy (non-hydrogen) atoms. The van der Waals surface area contributed by atoms with E-state index in [-0.39, 0.29) is 35.5 Å². The smallest absolute Gasteiger partial charge is 0.387 e. The molecule has 1 aromatic carbocycles. The Kier molecular flexibility index (Phi) is 12.9. The highest BCUT2D eigenvalue weighted by atomic mass is 127. The Morgan fingerprint density at radius 2 is 1.93 bits per heavy atom. The summed E-state index contributed by atoms with van der Waals surface area (Å²) in [5, 5.41) is 6.39. The van der Waals surface area contributed by atoms with E-state index in [1.165, 1.54) is 45.3 Å². The predicted octanol–water partition coefficient (Wildman–Crippen LogP) is 4.32. The van der Waals surface area contributed by atoms with Crippen LogP contribution in [0.1, 0.15) is 44.1 Å². The van der Waals surface area contributed by atoms with Crippen LogP contribution in [0.15, 0.2) is 23.2 Å². The van der Waals surface area contributed by atoms with Gasteiger partial charge in [0.1, 0.15) is 0 Å². The van der Waals surface area contributed by atoms with Crippen molar-refractivity contribution < 1.29 is 23.0 Å². The van der Waals surface area contributed by atoms with Crippen LogP contribution in [0.4, 0.5) is 8.78 Å². The standard InChI is InChI=1S/C20H31F2N3O3.HI/c1-23-20(24-11-6-12-27-16-7-4-3-5-8-16)25-14-15-9-10-17(26-2)18(13-15)28-19(21)22;/h9-10,13,16,19H,3-8,11-12,14H2,1-2H3,(H2,23,24,25);1H. The van der Waals surface area contributed by atoms with Crippen molar-refractivity contribution in [3.8, 4) is 11.5 Å². The summed E-state index contributed by atoms with van der Waals surface area (Å²) in [6.45, 7) is -1.000. The van der Waals surface area contributed by atoms with Crippen molar-refractivity contribution in [2.24, 2.45) is 4.99 Å². The minimum absolute atomic E-state index is 0. The number of methoxy groups -OCH3 is 1.